The highest BCUT2D eigenvalue weighted by atomic mass is 35.5. The maximum Gasteiger partial charge on any atom is 0.311 e. The van der Waals surface area contributed by atoms with Gasteiger partial charge in [0.15, 0.2) is 0 Å². The Labute approximate surface area is 103 Å². The number of halogens is 1. The lowest BCUT2D eigenvalue weighted by atomic mass is 10.2. The zero-order chi connectivity index (χ0) is 13.0. The summed E-state index contributed by atoms with van der Waals surface area (Å²) in [6.45, 7) is 1.71. The minimum Gasteiger partial charge on any atom is -0.392 e. The van der Waals surface area contributed by atoms with E-state index in [0.717, 1.165) is 6.20 Å². The van der Waals surface area contributed by atoms with Crippen LogP contribution in [0.1, 0.15) is 6.92 Å². The van der Waals surface area contributed by atoms with Crippen LogP contribution in [0.4, 0.5) is 11.4 Å². The van der Waals surface area contributed by atoms with Crippen LogP contribution < -0.4 is 11.1 Å². The number of hydrogen-bond donors (Lipinski definition) is 3. The smallest absolute Gasteiger partial charge is 0.311 e. The molecule has 2 atom stereocenters. The normalized spacial score (nSPS) is 14.1. The first-order valence-corrected chi connectivity index (χ1v) is 5.26. The maximum atomic E-state index is 10.7. The second kappa shape index (κ2) is 5.76. The van der Waals surface area contributed by atoms with Crippen molar-refractivity contribution in [3.63, 3.8) is 0 Å². The number of aromatic nitrogens is 1. The van der Waals surface area contributed by atoms with Gasteiger partial charge in [-0.2, -0.15) is 0 Å². The van der Waals surface area contributed by atoms with Crippen LogP contribution in [-0.4, -0.2) is 33.7 Å². The monoisotopic (exact) mass is 260 g/mol. The average Bonchev–Trinajstić information content (AvgIpc) is 2.26. The van der Waals surface area contributed by atoms with E-state index in [1.165, 1.54) is 13.1 Å². The van der Waals surface area contributed by atoms with Crippen LogP contribution in [-0.2, 0) is 0 Å². The molecule has 1 rings (SSSR count). The minimum absolute atomic E-state index is 0.136. The number of anilines is 1. The number of aliphatic hydroxyl groups excluding tert-OH is 1. The third-order valence-corrected chi connectivity index (χ3v) is 2.50. The topological polar surface area (TPSA) is 114 Å². The van der Waals surface area contributed by atoms with Crippen molar-refractivity contribution in [2.75, 3.05) is 11.9 Å². The number of rotatable bonds is 5. The quantitative estimate of drug-likeness (QED) is 0.532. The number of hydrogen-bond acceptors (Lipinski definition) is 6. The molecule has 0 aromatic carbocycles. The molecular weight excluding hydrogens is 248 g/mol. The van der Waals surface area contributed by atoms with Crippen LogP contribution in [0.2, 0.25) is 5.02 Å². The summed E-state index contributed by atoms with van der Waals surface area (Å²) in [7, 11) is 0. The van der Waals surface area contributed by atoms with E-state index in [1.54, 1.807) is 0 Å². The lowest BCUT2D eigenvalue weighted by molar-refractivity contribution is -0.384. The van der Waals surface area contributed by atoms with E-state index >= 15 is 0 Å². The maximum absolute atomic E-state index is 10.7. The molecule has 0 spiro atoms. The molecule has 2 unspecified atom stereocenters. The summed E-state index contributed by atoms with van der Waals surface area (Å²) >= 11 is 5.80. The molecule has 0 amide bonds. The molecule has 0 saturated heterocycles. The van der Waals surface area contributed by atoms with Crippen molar-refractivity contribution in [3.05, 3.63) is 27.5 Å². The van der Waals surface area contributed by atoms with Gasteiger partial charge < -0.3 is 16.2 Å². The molecule has 0 bridgehead atoms. The van der Waals surface area contributed by atoms with Crippen molar-refractivity contribution < 1.29 is 10.0 Å². The molecule has 1 heterocycles. The van der Waals surface area contributed by atoms with Crippen LogP contribution in [0.15, 0.2) is 12.4 Å². The first-order chi connectivity index (χ1) is 7.93. The second-order valence-electron chi connectivity index (χ2n) is 3.56. The standard InChI is InChI=1S/C9H13ClN4O3/c1-5(15)7(11)3-13-9-6(10)2-12-4-8(9)14(16)17/h2,4-5,7,15H,3,11H2,1H3,(H,12,13). The molecule has 7 nitrogen and oxygen atoms in total. The van der Waals surface area contributed by atoms with Gasteiger partial charge in [-0.25, -0.2) is 0 Å². The van der Waals surface area contributed by atoms with Gasteiger partial charge in [-0.15, -0.1) is 0 Å². The first-order valence-electron chi connectivity index (χ1n) is 4.89. The molecule has 0 saturated carbocycles. The zero-order valence-corrected chi connectivity index (χ0v) is 9.89. The third-order valence-electron chi connectivity index (χ3n) is 2.21. The molecule has 8 heteroatoms. The molecule has 4 N–H and O–H groups in total. The molecule has 0 radical (unpaired) electrons. The summed E-state index contributed by atoms with van der Waals surface area (Å²) in [6, 6.07) is -0.543. The molecule has 0 aliphatic heterocycles. The van der Waals surface area contributed by atoms with Crippen molar-refractivity contribution in [1.82, 2.24) is 4.98 Å². The molecule has 17 heavy (non-hydrogen) atoms. The van der Waals surface area contributed by atoms with Crippen LogP contribution in [0.5, 0.6) is 0 Å². The Bertz CT molecular complexity index is 413. The van der Waals surface area contributed by atoms with Crippen LogP contribution in [0.3, 0.4) is 0 Å². The number of aliphatic hydroxyl groups is 1. The summed E-state index contributed by atoms with van der Waals surface area (Å²) < 4.78 is 0. The van der Waals surface area contributed by atoms with Gasteiger partial charge in [0, 0.05) is 18.8 Å². The second-order valence-corrected chi connectivity index (χ2v) is 3.97. The van der Waals surface area contributed by atoms with Gasteiger partial charge in [-0.3, -0.25) is 15.1 Å². The lowest BCUT2D eigenvalue weighted by Crippen LogP contribution is -2.38. The van der Waals surface area contributed by atoms with Crippen molar-refractivity contribution in [1.29, 1.82) is 0 Å². The first kappa shape index (κ1) is 13.6. The predicted molar refractivity (Wildman–Crippen MR) is 64.0 cm³/mol. The Kier molecular flexibility index (Phi) is 4.62. The van der Waals surface area contributed by atoms with Gasteiger partial charge in [0.2, 0.25) is 0 Å². The van der Waals surface area contributed by atoms with E-state index in [4.69, 9.17) is 17.3 Å². The largest absolute Gasteiger partial charge is 0.392 e. The summed E-state index contributed by atoms with van der Waals surface area (Å²) in [6.07, 6.45) is 1.68. The van der Waals surface area contributed by atoms with Gasteiger partial charge in [0.25, 0.3) is 0 Å². The average molecular weight is 261 g/mol. The highest BCUT2D eigenvalue weighted by Gasteiger charge is 2.18. The SMILES string of the molecule is CC(O)C(N)CNc1c(Cl)cncc1[N+](=O)[O-]. The Morgan fingerprint density at radius 3 is 2.88 bits per heavy atom. The summed E-state index contributed by atoms with van der Waals surface area (Å²) in [5.41, 5.74) is 5.53. The van der Waals surface area contributed by atoms with E-state index in [0.29, 0.717) is 0 Å². The Hall–Kier alpha value is -1.44. The fourth-order valence-electron chi connectivity index (χ4n) is 1.13. The van der Waals surface area contributed by atoms with Gasteiger partial charge in [0.1, 0.15) is 11.9 Å². The third kappa shape index (κ3) is 3.52. The lowest BCUT2D eigenvalue weighted by Gasteiger charge is -2.16. The van der Waals surface area contributed by atoms with Gasteiger partial charge in [0.05, 0.1) is 16.0 Å². The van der Waals surface area contributed by atoms with Gasteiger partial charge in [-0.05, 0) is 6.92 Å². The predicted octanol–water partition coefficient (Wildman–Crippen LogP) is 0.763. The fraction of sp³-hybridized carbons (Fsp3) is 0.444. The Morgan fingerprint density at radius 1 is 1.71 bits per heavy atom. The Balaban J connectivity index is 2.86. The van der Waals surface area contributed by atoms with Crippen molar-refractivity contribution >= 4 is 23.0 Å². The van der Waals surface area contributed by atoms with Crippen molar-refractivity contribution in [2.45, 2.75) is 19.1 Å². The van der Waals surface area contributed by atoms with Crippen LogP contribution in [0, 0.1) is 10.1 Å². The number of nitro groups is 1. The van der Waals surface area contributed by atoms with Gasteiger partial charge in [-0.1, -0.05) is 11.6 Å². The number of nitrogens with one attached hydrogen (secondary N) is 1. The van der Waals surface area contributed by atoms with Gasteiger partial charge >= 0.3 is 5.69 Å². The highest BCUT2D eigenvalue weighted by Crippen LogP contribution is 2.30. The number of nitrogens with zero attached hydrogens (tertiary/aromatic N) is 2. The molecule has 0 fully saturated rings. The summed E-state index contributed by atoms with van der Waals surface area (Å²) in [5, 5.41) is 22.8. The number of pyridine rings is 1. The fourth-order valence-corrected chi connectivity index (χ4v) is 1.35. The molecule has 1 aromatic rings. The molecule has 94 valence electrons. The van der Waals surface area contributed by atoms with Crippen LogP contribution >= 0.6 is 11.6 Å². The molecular formula is C9H13ClN4O3. The highest BCUT2D eigenvalue weighted by molar-refractivity contribution is 6.33. The zero-order valence-electron chi connectivity index (χ0n) is 9.13. The van der Waals surface area contributed by atoms with E-state index in [-0.39, 0.29) is 22.9 Å². The molecule has 1 aromatic heterocycles. The number of nitrogens with two attached hydrogens (primary N) is 1. The molecule has 0 aliphatic carbocycles. The van der Waals surface area contributed by atoms with E-state index in [9.17, 15) is 15.2 Å². The van der Waals surface area contributed by atoms with Crippen molar-refractivity contribution in [2.24, 2.45) is 5.73 Å². The van der Waals surface area contributed by atoms with Crippen LogP contribution in [0.25, 0.3) is 0 Å². The molecule has 0 aliphatic rings. The Morgan fingerprint density at radius 2 is 2.35 bits per heavy atom. The van der Waals surface area contributed by atoms with Crippen molar-refractivity contribution in [3.8, 4) is 0 Å². The van der Waals surface area contributed by atoms with E-state index in [2.05, 4.69) is 10.3 Å². The minimum atomic E-state index is -0.720. The summed E-state index contributed by atoms with van der Waals surface area (Å²) in [5.74, 6) is 0. The van der Waals surface area contributed by atoms with E-state index in [1.807, 2.05) is 0 Å². The van der Waals surface area contributed by atoms with E-state index < -0.39 is 17.1 Å². The summed E-state index contributed by atoms with van der Waals surface area (Å²) in [4.78, 5) is 13.8.